The third-order valence-corrected chi connectivity index (χ3v) is 2.86. The smallest absolute Gasteiger partial charge is 0.131 e. The Morgan fingerprint density at radius 3 is 2.69 bits per heavy atom. The SMILES string of the molecule is CCC1=C[C@@H](N)[C@@](C=O)(CC)C=C1. The Morgan fingerprint density at radius 2 is 2.31 bits per heavy atom. The molecule has 0 aliphatic heterocycles. The molecule has 2 atom stereocenters. The van der Waals surface area contributed by atoms with E-state index in [1.54, 1.807) is 0 Å². The van der Waals surface area contributed by atoms with Gasteiger partial charge in [0, 0.05) is 6.04 Å². The predicted molar refractivity (Wildman–Crippen MR) is 54.3 cm³/mol. The van der Waals surface area contributed by atoms with E-state index in [-0.39, 0.29) is 6.04 Å². The molecule has 2 nitrogen and oxygen atoms in total. The Labute approximate surface area is 79.5 Å². The lowest BCUT2D eigenvalue weighted by Crippen LogP contribution is -2.41. The molecule has 0 saturated heterocycles. The summed E-state index contributed by atoms with van der Waals surface area (Å²) in [4.78, 5) is 11.0. The summed E-state index contributed by atoms with van der Waals surface area (Å²) in [6.45, 7) is 4.08. The highest BCUT2D eigenvalue weighted by Gasteiger charge is 2.32. The van der Waals surface area contributed by atoms with Gasteiger partial charge in [-0.2, -0.15) is 0 Å². The minimum Gasteiger partial charge on any atom is -0.323 e. The molecule has 0 spiro atoms. The van der Waals surface area contributed by atoms with Gasteiger partial charge in [-0.25, -0.2) is 0 Å². The van der Waals surface area contributed by atoms with Gasteiger partial charge in [-0.05, 0) is 12.8 Å². The minimum atomic E-state index is -0.460. The first-order valence-electron chi connectivity index (χ1n) is 4.80. The van der Waals surface area contributed by atoms with Gasteiger partial charge >= 0.3 is 0 Å². The third-order valence-electron chi connectivity index (χ3n) is 2.86. The lowest BCUT2D eigenvalue weighted by atomic mass is 9.75. The van der Waals surface area contributed by atoms with Gasteiger partial charge in [0.25, 0.3) is 0 Å². The molecule has 2 heteroatoms. The monoisotopic (exact) mass is 179 g/mol. The van der Waals surface area contributed by atoms with E-state index in [1.165, 1.54) is 5.57 Å². The summed E-state index contributed by atoms with van der Waals surface area (Å²) >= 11 is 0. The zero-order valence-corrected chi connectivity index (χ0v) is 8.29. The number of rotatable bonds is 3. The molecule has 0 saturated carbocycles. The lowest BCUT2D eigenvalue weighted by molar-refractivity contribution is -0.114. The van der Waals surface area contributed by atoms with Crippen molar-refractivity contribution in [2.24, 2.45) is 11.1 Å². The quantitative estimate of drug-likeness (QED) is 0.671. The molecule has 1 aliphatic rings. The van der Waals surface area contributed by atoms with Crippen molar-refractivity contribution < 1.29 is 4.79 Å². The number of hydrogen-bond donors (Lipinski definition) is 1. The fourth-order valence-corrected chi connectivity index (χ4v) is 1.61. The Hall–Kier alpha value is -0.890. The normalized spacial score (nSPS) is 32.8. The molecule has 2 N–H and O–H groups in total. The second-order valence-corrected chi connectivity index (χ2v) is 3.54. The Kier molecular flexibility index (Phi) is 3.04. The highest BCUT2D eigenvalue weighted by atomic mass is 16.1. The number of nitrogens with two attached hydrogens (primary N) is 1. The Balaban J connectivity index is 2.92. The molecule has 0 aromatic rings. The van der Waals surface area contributed by atoms with Crippen LogP contribution in [0.15, 0.2) is 23.8 Å². The second kappa shape index (κ2) is 3.88. The van der Waals surface area contributed by atoms with Crippen molar-refractivity contribution in [3.63, 3.8) is 0 Å². The molecule has 72 valence electrons. The Morgan fingerprint density at radius 1 is 1.62 bits per heavy atom. The van der Waals surface area contributed by atoms with Crippen LogP contribution in [0.5, 0.6) is 0 Å². The van der Waals surface area contributed by atoms with E-state index in [9.17, 15) is 4.79 Å². The van der Waals surface area contributed by atoms with E-state index in [2.05, 4.69) is 6.92 Å². The summed E-state index contributed by atoms with van der Waals surface area (Å²) < 4.78 is 0. The van der Waals surface area contributed by atoms with Crippen LogP contribution in [0.4, 0.5) is 0 Å². The van der Waals surface area contributed by atoms with Crippen molar-refractivity contribution in [2.75, 3.05) is 0 Å². The third kappa shape index (κ3) is 1.73. The molecule has 1 rings (SSSR count). The summed E-state index contributed by atoms with van der Waals surface area (Å²) in [5, 5.41) is 0. The van der Waals surface area contributed by atoms with Crippen LogP contribution >= 0.6 is 0 Å². The lowest BCUT2D eigenvalue weighted by Gasteiger charge is -2.31. The van der Waals surface area contributed by atoms with Crippen LogP contribution < -0.4 is 5.73 Å². The first-order chi connectivity index (χ1) is 6.18. The van der Waals surface area contributed by atoms with Crippen LogP contribution in [0.1, 0.15) is 26.7 Å². The van der Waals surface area contributed by atoms with E-state index < -0.39 is 5.41 Å². The van der Waals surface area contributed by atoms with Gasteiger partial charge in [-0.15, -0.1) is 0 Å². The number of carbonyl (C=O) groups is 1. The van der Waals surface area contributed by atoms with Crippen molar-refractivity contribution in [1.82, 2.24) is 0 Å². The predicted octanol–water partition coefficient (Wildman–Crippen LogP) is 1.82. The van der Waals surface area contributed by atoms with Crippen molar-refractivity contribution >= 4 is 6.29 Å². The minimum absolute atomic E-state index is 0.157. The van der Waals surface area contributed by atoms with Crippen LogP contribution in [0, 0.1) is 5.41 Å². The summed E-state index contributed by atoms with van der Waals surface area (Å²) in [7, 11) is 0. The maximum atomic E-state index is 11.0. The van der Waals surface area contributed by atoms with Crippen molar-refractivity contribution in [2.45, 2.75) is 32.7 Å². The van der Waals surface area contributed by atoms with E-state index in [0.29, 0.717) is 0 Å². The van der Waals surface area contributed by atoms with Crippen molar-refractivity contribution in [1.29, 1.82) is 0 Å². The van der Waals surface area contributed by atoms with Gasteiger partial charge in [-0.1, -0.05) is 37.6 Å². The maximum Gasteiger partial charge on any atom is 0.131 e. The van der Waals surface area contributed by atoms with Gasteiger partial charge in [-0.3, -0.25) is 0 Å². The fourth-order valence-electron chi connectivity index (χ4n) is 1.61. The standard InChI is InChI=1S/C11H17NO/c1-3-9-5-6-11(4-2,8-13)10(12)7-9/h5-8,10H,3-4,12H2,1-2H3/t10-,11+/m1/s1. The van der Waals surface area contributed by atoms with Gasteiger partial charge in [0.2, 0.25) is 0 Å². The molecular formula is C11H17NO. The van der Waals surface area contributed by atoms with Gasteiger partial charge < -0.3 is 10.5 Å². The highest BCUT2D eigenvalue weighted by Crippen LogP contribution is 2.30. The summed E-state index contributed by atoms with van der Waals surface area (Å²) in [5.41, 5.74) is 6.70. The molecule has 0 bridgehead atoms. The average molecular weight is 179 g/mol. The van der Waals surface area contributed by atoms with E-state index >= 15 is 0 Å². The highest BCUT2D eigenvalue weighted by molar-refractivity contribution is 5.66. The molecule has 13 heavy (non-hydrogen) atoms. The molecule has 0 aromatic carbocycles. The second-order valence-electron chi connectivity index (χ2n) is 3.54. The van der Waals surface area contributed by atoms with Crippen LogP contribution in [0.3, 0.4) is 0 Å². The van der Waals surface area contributed by atoms with Gasteiger partial charge in [0.05, 0.1) is 5.41 Å². The van der Waals surface area contributed by atoms with Crippen molar-refractivity contribution in [3.05, 3.63) is 23.8 Å². The van der Waals surface area contributed by atoms with Gasteiger partial charge in [0.15, 0.2) is 0 Å². The molecule has 0 radical (unpaired) electrons. The molecule has 1 aliphatic carbocycles. The van der Waals surface area contributed by atoms with E-state index in [4.69, 9.17) is 5.73 Å². The van der Waals surface area contributed by atoms with Crippen LogP contribution in [0.25, 0.3) is 0 Å². The van der Waals surface area contributed by atoms with E-state index in [1.807, 2.05) is 25.2 Å². The Bertz CT molecular complexity index is 255. The average Bonchev–Trinajstić information content (AvgIpc) is 2.18. The van der Waals surface area contributed by atoms with Crippen LogP contribution in [-0.4, -0.2) is 12.3 Å². The topological polar surface area (TPSA) is 43.1 Å². The zero-order chi connectivity index (χ0) is 9.90. The molecule has 0 fully saturated rings. The molecule has 0 amide bonds. The maximum absolute atomic E-state index is 11.0. The van der Waals surface area contributed by atoms with E-state index in [0.717, 1.165) is 19.1 Å². The van der Waals surface area contributed by atoms with Crippen LogP contribution in [0.2, 0.25) is 0 Å². The molecule has 0 aromatic heterocycles. The number of hydrogen-bond acceptors (Lipinski definition) is 2. The van der Waals surface area contributed by atoms with Gasteiger partial charge in [0.1, 0.15) is 6.29 Å². The first-order valence-corrected chi connectivity index (χ1v) is 4.80. The largest absolute Gasteiger partial charge is 0.323 e. The zero-order valence-electron chi connectivity index (χ0n) is 8.29. The molecule has 0 heterocycles. The number of allylic oxidation sites excluding steroid dienone is 2. The number of aldehydes is 1. The molecule has 0 unspecified atom stereocenters. The summed E-state index contributed by atoms with van der Waals surface area (Å²) in [6.07, 6.45) is 8.67. The fraction of sp³-hybridized carbons (Fsp3) is 0.545. The van der Waals surface area contributed by atoms with Crippen LogP contribution in [-0.2, 0) is 4.79 Å². The number of carbonyl (C=O) groups excluding carboxylic acids is 1. The summed E-state index contributed by atoms with van der Waals surface area (Å²) in [5.74, 6) is 0. The molecular weight excluding hydrogens is 162 g/mol. The van der Waals surface area contributed by atoms with Crippen molar-refractivity contribution in [3.8, 4) is 0 Å². The summed E-state index contributed by atoms with van der Waals surface area (Å²) in [6, 6.07) is -0.157. The first kappa shape index (κ1) is 10.2.